The van der Waals surface area contributed by atoms with Crippen molar-refractivity contribution in [2.75, 3.05) is 10.6 Å². The highest BCUT2D eigenvalue weighted by Crippen LogP contribution is 2.46. The second-order valence-electron chi connectivity index (χ2n) is 7.34. The quantitative estimate of drug-likeness (QED) is 0.355. The highest BCUT2D eigenvalue weighted by atomic mass is 79.9. The van der Waals surface area contributed by atoms with Crippen molar-refractivity contribution < 1.29 is 27.5 Å². The summed E-state index contributed by atoms with van der Waals surface area (Å²) < 4.78 is 48.3. The van der Waals surface area contributed by atoms with Gasteiger partial charge in [0.2, 0.25) is 0 Å². The molecule has 32 heavy (non-hydrogen) atoms. The van der Waals surface area contributed by atoms with Crippen molar-refractivity contribution >= 4 is 49.3 Å². The van der Waals surface area contributed by atoms with E-state index in [-0.39, 0.29) is 22.4 Å². The Kier molecular flexibility index (Phi) is 6.12. The number of hydrogen-bond donors (Lipinski definition) is 3. The van der Waals surface area contributed by atoms with Crippen LogP contribution in [0.25, 0.3) is 0 Å². The van der Waals surface area contributed by atoms with Gasteiger partial charge in [-0.1, -0.05) is 12.1 Å². The number of hydrogen-bond acceptors (Lipinski definition) is 5. The molecule has 3 heterocycles. The molecule has 0 radical (unpaired) electrons. The number of carbonyl (C=O) groups is 1. The molecule has 0 fully saturated rings. The number of nitrogens with zero attached hydrogens (tertiary/aromatic N) is 2. The maximum Gasteiger partial charge on any atom is 0.410 e. The van der Waals surface area contributed by atoms with Crippen LogP contribution < -0.4 is 10.6 Å². The Balaban J connectivity index is 1.67. The molecule has 12 heteroatoms. The summed E-state index contributed by atoms with van der Waals surface area (Å²) in [6, 6.07) is 6.98. The van der Waals surface area contributed by atoms with Crippen LogP contribution in [0.3, 0.4) is 0 Å². The van der Waals surface area contributed by atoms with Gasteiger partial charge in [-0.15, -0.1) is 0 Å². The van der Waals surface area contributed by atoms with Crippen molar-refractivity contribution in [3.8, 4) is 0 Å². The zero-order valence-corrected chi connectivity index (χ0v) is 19.6. The zero-order valence-electron chi connectivity index (χ0n) is 16.5. The van der Waals surface area contributed by atoms with Crippen molar-refractivity contribution in [1.29, 1.82) is 0 Å². The summed E-state index contributed by atoms with van der Waals surface area (Å²) in [6.45, 7) is 1.58. The maximum absolute atomic E-state index is 13.9. The predicted octanol–water partition coefficient (Wildman–Crippen LogP) is 5.97. The standard InChI is InChI=1S/C20H17Br2F3N4O3/c1-9(30)10-3-2-4-11(7-10)26-19(31)17-16(22)18-27-12(13-5-6-15(21)32-13)8-14(20(23,24)25)29(18)28-17/h2-7,9,12,14,27,30H,8H2,1H3,(H,26,31)/t9-,12-,14-/m1/s1. The molecule has 170 valence electrons. The number of halogens is 5. The Morgan fingerprint density at radius 2 is 2.09 bits per heavy atom. The summed E-state index contributed by atoms with van der Waals surface area (Å²) in [4.78, 5) is 12.8. The normalized spacial score (nSPS) is 19.2. The van der Waals surface area contributed by atoms with Crippen LogP contribution in [0.1, 0.15) is 53.3 Å². The first kappa shape index (κ1) is 22.9. The minimum Gasteiger partial charge on any atom is -0.452 e. The Bertz CT molecular complexity index is 1160. The number of fused-ring (bicyclic) bond motifs is 1. The molecule has 0 bridgehead atoms. The smallest absolute Gasteiger partial charge is 0.410 e. The van der Waals surface area contributed by atoms with Crippen molar-refractivity contribution in [1.82, 2.24) is 9.78 Å². The lowest BCUT2D eigenvalue weighted by Gasteiger charge is -2.32. The summed E-state index contributed by atoms with van der Waals surface area (Å²) in [5.41, 5.74) is 0.757. The Hall–Kier alpha value is -2.31. The third-order valence-corrected chi connectivity index (χ3v) is 6.25. The molecule has 1 aliphatic rings. The first-order chi connectivity index (χ1) is 15.0. The first-order valence-corrected chi connectivity index (χ1v) is 11.1. The van der Waals surface area contributed by atoms with E-state index < -0.39 is 30.3 Å². The topological polar surface area (TPSA) is 92.3 Å². The highest BCUT2D eigenvalue weighted by molar-refractivity contribution is 9.10. The van der Waals surface area contributed by atoms with Crippen LogP contribution in [0.15, 0.2) is 50.0 Å². The Morgan fingerprint density at radius 3 is 2.72 bits per heavy atom. The molecule has 1 aliphatic heterocycles. The largest absolute Gasteiger partial charge is 0.452 e. The number of nitrogens with one attached hydrogen (secondary N) is 2. The Morgan fingerprint density at radius 1 is 1.34 bits per heavy atom. The van der Waals surface area contributed by atoms with Gasteiger partial charge in [0.05, 0.1) is 16.6 Å². The van der Waals surface area contributed by atoms with E-state index in [0.29, 0.717) is 21.7 Å². The average molecular weight is 578 g/mol. The lowest BCUT2D eigenvalue weighted by atomic mass is 10.0. The molecule has 0 aliphatic carbocycles. The summed E-state index contributed by atoms with van der Waals surface area (Å²) in [7, 11) is 0. The number of aliphatic hydroxyl groups excluding tert-OH is 1. The molecule has 0 saturated carbocycles. The molecule has 4 rings (SSSR count). The summed E-state index contributed by atoms with van der Waals surface area (Å²) in [5.74, 6) is -0.341. The molecule has 0 spiro atoms. The molecule has 2 aromatic heterocycles. The van der Waals surface area contributed by atoms with Crippen LogP contribution in [0, 0.1) is 0 Å². The molecular weight excluding hydrogens is 561 g/mol. The SMILES string of the molecule is C[C@@H](O)c1cccc(NC(=O)c2nn3c(c2Br)N[C@@H](c2ccc(Br)o2)C[C@@H]3C(F)(F)F)c1. The van der Waals surface area contributed by atoms with Crippen LogP contribution in [-0.2, 0) is 0 Å². The van der Waals surface area contributed by atoms with Crippen molar-refractivity contribution in [2.45, 2.75) is 37.7 Å². The molecular formula is C20H17Br2F3N4O3. The molecule has 0 saturated heterocycles. The van der Waals surface area contributed by atoms with E-state index in [2.05, 4.69) is 47.6 Å². The molecule has 1 amide bonds. The highest BCUT2D eigenvalue weighted by Gasteiger charge is 2.48. The molecule has 3 N–H and O–H groups in total. The number of rotatable bonds is 4. The number of anilines is 2. The number of aromatic nitrogens is 2. The van der Waals surface area contributed by atoms with Crippen LogP contribution >= 0.6 is 31.9 Å². The van der Waals surface area contributed by atoms with E-state index >= 15 is 0 Å². The average Bonchev–Trinajstić information content (AvgIpc) is 3.30. The lowest BCUT2D eigenvalue weighted by molar-refractivity contribution is -0.174. The molecule has 7 nitrogen and oxygen atoms in total. The van der Waals surface area contributed by atoms with Crippen LogP contribution in [0.4, 0.5) is 24.7 Å². The molecule has 3 atom stereocenters. The number of benzene rings is 1. The van der Waals surface area contributed by atoms with Gasteiger partial charge >= 0.3 is 6.18 Å². The van der Waals surface area contributed by atoms with E-state index in [9.17, 15) is 23.1 Å². The third-order valence-electron chi connectivity index (χ3n) is 5.08. The van der Waals surface area contributed by atoms with E-state index in [1.54, 1.807) is 43.3 Å². The van der Waals surface area contributed by atoms with Gasteiger partial charge in [0.15, 0.2) is 16.4 Å². The minimum absolute atomic E-state index is 0.0268. The predicted molar refractivity (Wildman–Crippen MR) is 117 cm³/mol. The summed E-state index contributed by atoms with van der Waals surface area (Å²) in [6.07, 6.45) is -5.69. The zero-order chi connectivity index (χ0) is 23.2. The van der Waals surface area contributed by atoms with Crippen molar-refractivity contribution in [2.24, 2.45) is 0 Å². The second kappa shape index (κ2) is 8.56. The number of amides is 1. The van der Waals surface area contributed by atoms with Crippen molar-refractivity contribution in [3.63, 3.8) is 0 Å². The van der Waals surface area contributed by atoms with E-state index in [4.69, 9.17) is 4.42 Å². The van der Waals surface area contributed by atoms with Gasteiger partial charge in [-0.25, -0.2) is 4.68 Å². The van der Waals surface area contributed by atoms with Crippen LogP contribution in [-0.4, -0.2) is 27.0 Å². The number of aliphatic hydroxyl groups is 1. The molecule has 0 unspecified atom stereocenters. The minimum atomic E-state index is -4.59. The van der Waals surface area contributed by atoms with Gasteiger partial charge < -0.3 is 20.2 Å². The Labute approximate surface area is 197 Å². The van der Waals surface area contributed by atoms with Gasteiger partial charge in [0, 0.05) is 12.1 Å². The fraction of sp³-hybridized carbons (Fsp3) is 0.300. The first-order valence-electron chi connectivity index (χ1n) is 9.50. The van der Waals surface area contributed by atoms with Gasteiger partial charge in [0.1, 0.15) is 11.6 Å². The van der Waals surface area contributed by atoms with Gasteiger partial charge in [-0.2, -0.15) is 18.3 Å². The fourth-order valence-electron chi connectivity index (χ4n) is 3.50. The number of furan rings is 1. The lowest BCUT2D eigenvalue weighted by Crippen LogP contribution is -2.35. The van der Waals surface area contributed by atoms with E-state index in [1.807, 2.05) is 0 Å². The fourth-order valence-corrected chi connectivity index (χ4v) is 4.38. The summed E-state index contributed by atoms with van der Waals surface area (Å²) >= 11 is 6.39. The van der Waals surface area contributed by atoms with Crippen LogP contribution in [0.2, 0.25) is 0 Å². The van der Waals surface area contributed by atoms with Gasteiger partial charge in [-0.05, 0) is 68.6 Å². The van der Waals surface area contributed by atoms with Crippen LogP contribution in [0.5, 0.6) is 0 Å². The third kappa shape index (κ3) is 4.44. The maximum atomic E-state index is 13.9. The second-order valence-corrected chi connectivity index (χ2v) is 8.92. The molecule has 1 aromatic carbocycles. The van der Waals surface area contributed by atoms with Crippen molar-refractivity contribution in [3.05, 3.63) is 62.6 Å². The van der Waals surface area contributed by atoms with E-state index in [0.717, 1.165) is 4.68 Å². The number of alkyl halides is 3. The number of carbonyl (C=O) groups excluding carboxylic acids is 1. The monoisotopic (exact) mass is 576 g/mol. The van der Waals surface area contributed by atoms with Gasteiger partial charge in [0.25, 0.3) is 5.91 Å². The van der Waals surface area contributed by atoms with E-state index in [1.165, 1.54) is 0 Å². The molecule has 3 aromatic rings. The summed E-state index contributed by atoms with van der Waals surface area (Å²) in [5, 5.41) is 19.3. The van der Waals surface area contributed by atoms with Gasteiger partial charge in [-0.3, -0.25) is 4.79 Å².